The van der Waals surface area contributed by atoms with Crippen LogP contribution in [0.5, 0.6) is 0 Å². The molecule has 0 fully saturated rings. The third-order valence-corrected chi connectivity index (χ3v) is 1.92. The van der Waals surface area contributed by atoms with Crippen LogP contribution < -0.4 is 0 Å². The highest BCUT2D eigenvalue weighted by molar-refractivity contribution is 5.98. The highest BCUT2D eigenvalue weighted by Crippen LogP contribution is 2.14. The van der Waals surface area contributed by atoms with Crippen LogP contribution in [-0.2, 0) is 23.9 Å². The van der Waals surface area contributed by atoms with Crippen LogP contribution in [-0.4, -0.2) is 31.9 Å². The SMILES string of the molecule is C=C(CC(C(=O)OC)C(=O)OC)C(C)=O. The summed E-state index contributed by atoms with van der Waals surface area (Å²) >= 11 is 0. The maximum atomic E-state index is 11.2. The van der Waals surface area contributed by atoms with Crippen molar-refractivity contribution in [3.8, 4) is 0 Å². The fraction of sp³-hybridized carbons (Fsp3) is 0.500. The van der Waals surface area contributed by atoms with Crippen LogP contribution >= 0.6 is 0 Å². The molecule has 0 atom stereocenters. The summed E-state index contributed by atoms with van der Waals surface area (Å²) in [6.07, 6.45) is -0.0747. The molecule has 0 saturated heterocycles. The summed E-state index contributed by atoms with van der Waals surface area (Å²) in [5, 5.41) is 0. The normalized spacial score (nSPS) is 9.60. The fourth-order valence-electron chi connectivity index (χ4n) is 0.938. The van der Waals surface area contributed by atoms with Crippen molar-refractivity contribution in [2.45, 2.75) is 13.3 Å². The van der Waals surface area contributed by atoms with E-state index in [9.17, 15) is 14.4 Å². The van der Waals surface area contributed by atoms with E-state index in [-0.39, 0.29) is 17.8 Å². The smallest absolute Gasteiger partial charge is 0.320 e. The molecule has 5 nitrogen and oxygen atoms in total. The van der Waals surface area contributed by atoms with Crippen molar-refractivity contribution in [1.29, 1.82) is 0 Å². The number of methoxy groups -OCH3 is 2. The van der Waals surface area contributed by atoms with Gasteiger partial charge in [-0.15, -0.1) is 0 Å². The number of allylic oxidation sites excluding steroid dienone is 1. The van der Waals surface area contributed by atoms with Crippen LogP contribution in [0.2, 0.25) is 0 Å². The van der Waals surface area contributed by atoms with Crippen LogP contribution in [0.25, 0.3) is 0 Å². The Morgan fingerprint density at radius 2 is 1.53 bits per heavy atom. The Labute approximate surface area is 88.0 Å². The summed E-state index contributed by atoms with van der Waals surface area (Å²) in [5.74, 6) is -2.85. The average molecular weight is 214 g/mol. The van der Waals surface area contributed by atoms with Gasteiger partial charge in [-0.05, 0) is 18.9 Å². The summed E-state index contributed by atoms with van der Waals surface area (Å²) < 4.78 is 8.85. The Kier molecular flexibility index (Phi) is 5.30. The van der Waals surface area contributed by atoms with E-state index in [0.717, 1.165) is 14.2 Å². The van der Waals surface area contributed by atoms with Gasteiger partial charge in [0.2, 0.25) is 0 Å². The number of ether oxygens (including phenoxy) is 2. The fourth-order valence-corrected chi connectivity index (χ4v) is 0.938. The molecule has 0 bridgehead atoms. The third kappa shape index (κ3) is 3.93. The van der Waals surface area contributed by atoms with E-state index in [1.807, 2.05) is 0 Å². The third-order valence-electron chi connectivity index (χ3n) is 1.92. The minimum absolute atomic E-state index is 0.0747. The molecule has 0 amide bonds. The lowest BCUT2D eigenvalue weighted by atomic mass is 9.98. The molecule has 5 heteroatoms. The molecule has 0 aliphatic rings. The Morgan fingerprint density at radius 1 is 1.13 bits per heavy atom. The first kappa shape index (κ1) is 13.4. The van der Waals surface area contributed by atoms with Gasteiger partial charge in [-0.3, -0.25) is 14.4 Å². The van der Waals surface area contributed by atoms with Gasteiger partial charge in [-0.2, -0.15) is 0 Å². The number of carbonyl (C=O) groups excluding carboxylic acids is 3. The molecule has 0 unspecified atom stereocenters. The Morgan fingerprint density at radius 3 is 1.80 bits per heavy atom. The van der Waals surface area contributed by atoms with Crippen LogP contribution in [0.4, 0.5) is 0 Å². The topological polar surface area (TPSA) is 69.7 Å². The second kappa shape index (κ2) is 5.95. The zero-order valence-electron chi connectivity index (χ0n) is 9.03. The lowest BCUT2D eigenvalue weighted by Crippen LogP contribution is -2.27. The summed E-state index contributed by atoms with van der Waals surface area (Å²) in [5.41, 5.74) is 0.191. The standard InChI is InChI=1S/C10H14O5/c1-6(7(2)11)5-8(9(12)14-3)10(13)15-4/h8H,1,5H2,2-4H3. The molecule has 15 heavy (non-hydrogen) atoms. The highest BCUT2D eigenvalue weighted by atomic mass is 16.5. The van der Waals surface area contributed by atoms with Crippen molar-refractivity contribution in [2.75, 3.05) is 14.2 Å². The van der Waals surface area contributed by atoms with Crippen molar-refractivity contribution in [3.05, 3.63) is 12.2 Å². The van der Waals surface area contributed by atoms with Gasteiger partial charge < -0.3 is 9.47 Å². The molecule has 0 heterocycles. The zero-order chi connectivity index (χ0) is 12.0. The minimum Gasteiger partial charge on any atom is -0.468 e. The number of carbonyl (C=O) groups is 3. The van der Waals surface area contributed by atoms with E-state index >= 15 is 0 Å². The van der Waals surface area contributed by atoms with Gasteiger partial charge in [0.05, 0.1) is 14.2 Å². The molecule has 0 aliphatic carbocycles. The molecular formula is C10H14O5. The second-order valence-corrected chi connectivity index (χ2v) is 2.96. The van der Waals surface area contributed by atoms with E-state index in [4.69, 9.17) is 0 Å². The van der Waals surface area contributed by atoms with Crippen LogP contribution in [0.15, 0.2) is 12.2 Å². The summed E-state index contributed by atoms with van der Waals surface area (Å²) in [6, 6.07) is 0. The van der Waals surface area contributed by atoms with E-state index < -0.39 is 17.9 Å². The number of esters is 2. The first-order valence-corrected chi connectivity index (χ1v) is 4.28. The predicted molar refractivity (Wildman–Crippen MR) is 52.0 cm³/mol. The molecular weight excluding hydrogens is 200 g/mol. The molecule has 0 spiro atoms. The largest absolute Gasteiger partial charge is 0.468 e. The Hall–Kier alpha value is -1.65. The first-order valence-electron chi connectivity index (χ1n) is 4.28. The number of Topliss-reactive ketones (excluding diaryl/α,β-unsaturated/α-hetero) is 1. The van der Waals surface area contributed by atoms with Gasteiger partial charge in [0.15, 0.2) is 11.7 Å². The molecule has 0 aliphatic heterocycles. The Bertz CT molecular complexity index is 276. The number of hydrogen-bond acceptors (Lipinski definition) is 5. The second-order valence-electron chi connectivity index (χ2n) is 2.96. The van der Waals surface area contributed by atoms with E-state index in [0.29, 0.717) is 0 Å². The van der Waals surface area contributed by atoms with Gasteiger partial charge in [0.25, 0.3) is 0 Å². The minimum atomic E-state index is -1.11. The van der Waals surface area contributed by atoms with Gasteiger partial charge >= 0.3 is 11.9 Å². The molecule has 84 valence electrons. The monoisotopic (exact) mass is 214 g/mol. The van der Waals surface area contributed by atoms with E-state index in [2.05, 4.69) is 16.1 Å². The van der Waals surface area contributed by atoms with Crippen molar-refractivity contribution < 1.29 is 23.9 Å². The quantitative estimate of drug-likeness (QED) is 0.378. The number of hydrogen-bond donors (Lipinski definition) is 0. The van der Waals surface area contributed by atoms with Crippen LogP contribution in [0.1, 0.15) is 13.3 Å². The number of ketones is 1. The van der Waals surface area contributed by atoms with Crippen molar-refractivity contribution >= 4 is 17.7 Å². The van der Waals surface area contributed by atoms with Gasteiger partial charge in [0, 0.05) is 0 Å². The average Bonchev–Trinajstić information content (AvgIpc) is 2.23. The lowest BCUT2D eigenvalue weighted by Gasteiger charge is -2.12. The molecule has 0 aromatic rings. The van der Waals surface area contributed by atoms with Crippen LogP contribution in [0, 0.1) is 5.92 Å². The zero-order valence-corrected chi connectivity index (χ0v) is 9.03. The van der Waals surface area contributed by atoms with Crippen molar-refractivity contribution in [3.63, 3.8) is 0 Å². The molecule has 0 aromatic heterocycles. The van der Waals surface area contributed by atoms with E-state index in [1.54, 1.807) is 0 Å². The summed E-state index contributed by atoms with van der Waals surface area (Å²) in [4.78, 5) is 33.3. The molecule has 0 aromatic carbocycles. The van der Waals surface area contributed by atoms with Crippen molar-refractivity contribution in [2.24, 2.45) is 5.92 Å². The maximum absolute atomic E-state index is 11.2. The summed E-state index contributed by atoms with van der Waals surface area (Å²) in [7, 11) is 2.32. The molecule has 0 radical (unpaired) electrons. The van der Waals surface area contributed by atoms with Crippen LogP contribution in [0.3, 0.4) is 0 Å². The molecule has 0 saturated carbocycles. The number of rotatable bonds is 5. The first-order chi connectivity index (χ1) is 6.93. The molecule has 0 N–H and O–H groups in total. The maximum Gasteiger partial charge on any atom is 0.320 e. The van der Waals surface area contributed by atoms with Gasteiger partial charge in [-0.1, -0.05) is 6.58 Å². The van der Waals surface area contributed by atoms with Gasteiger partial charge in [0.1, 0.15) is 0 Å². The lowest BCUT2D eigenvalue weighted by molar-refractivity contribution is -0.158. The predicted octanol–water partition coefficient (Wildman–Crippen LogP) is 0.484. The van der Waals surface area contributed by atoms with Gasteiger partial charge in [-0.25, -0.2) is 0 Å². The van der Waals surface area contributed by atoms with Crippen molar-refractivity contribution in [1.82, 2.24) is 0 Å². The highest BCUT2D eigenvalue weighted by Gasteiger charge is 2.29. The summed E-state index contributed by atoms with van der Waals surface area (Å²) in [6.45, 7) is 4.78. The Balaban J connectivity index is 4.66. The van der Waals surface area contributed by atoms with E-state index in [1.165, 1.54) is 6.92 Å². The molecule has 0 rings (SSSR count).